The number of nitrogens with zero attached hydrogens (tertiary/aromatic N) is 4. The zero-order chi connectivity index (χ0) is 16.8. The van der Waals surface area contributed by atoms with Crippen molar-refractivity contribution in [3.05, 3.63) is 40.3 Å². The summed E-state index contributed by atoms with van der Waals surface area (Å²) in [6.07, 6.45) is 3.23. The Morgan fingerprint density at radius 2 is 2.04 bits per heavy atom. The van der Waals surface area contributed by atoms with Crippen LogP contribution in [0.25, 0.3) is 11.0 Å². The van der Waals surface area contributed by atoms with Crippen LogP contribution in [0.4, 0.5) is 0 Å². The van der Waals surface area contributed by atoms with Gasteiger partial charge in [-0.15, -0.1) is 0 Å². The van der Waals surface area contributed by atoms with Gasteiger partial charge in [0.25, 0.3) is 5.56 Å². The molecule has 1 aliphatic heterocycles. The van der Waals surface area contributed by atoms with Gasteiger partial charge >= 0.3 is 0 Å². The Hall–Kier alpha value is -2.23. The number of likely N-dealkylation sites (tertiary alicyclic amines) is 1. The first-order chi connectivity index (χ1) is 11.2. The zero-order valence-electron chi connectivity index (χ0n) is 13.7. The number of aromatic nitrogens is 2. The molecule has 0 bridgehead atoms. The van der Waals surface area contributed by atoms with Gasteiger partial charge < -0.3 is 5.73 Å². The predicted molar refractivity (Wildman–Crippen MR) is 90.8 cm³/mol. The lowest BCUT2D eigenvalue weighted by Crippen LogP contribution is -2.42. The molecule has 3 rings (SSSR count). The highest BCUT2D eigenvalue weighted by molar-refractivity contribution is 5.76. The van der Waals surface area contributed by atoms with Gasteiger partial charge in [-0.05, 0) is 31.0 Å². The van der Waals surface area contributed by atoms with Gasteiger partial charge in [-0.3, -0.25) is 14.3 Å². The van der Waals surface area contributed by atoms with Gasteiger partial charge in [0.2, 0.25) is 0 Å². The second-order valence-electron chi connectivity index (χ2n) is 5.44. The molecule has 2 N–H and O–H groups in total. The molecule has 1 aliphatic rings. The standard InChI is InChI=1S/C15H17N5O.C2H6/c16-8-11-1-2-13-14(7-11)20(15(21)9-18-13)10-19-5-3-12(17)4-6-19;1-2/h1-2,7,9,12H,3-6,10,17H2;1-2H3. The second kappa shape index (κ2) is 7.86. The van der Waals surface area contributed by atoms with Gasteiger partial charge in [0.05, 0.1) is 35.5 Å². The summed E-state index contributed by atoms with van der Waals surface area (Å²) < 4.78 is 1.68. The minimum atomic E-state index is -0.146. The molecule has 0 amide bonds. The van der Waals surface area contributed by atoms with Crippen LogP contribution in [0.3, 0.4) is 0 Å². The highest BCUT2D eigenvalue weighted by Gasteiger charge is 2.17. The van der Waals surface area contributed by atoms with Crippen LogP contribution >= 0.6 is 0 Å². The summed E-state index contributed by atoms with van der Waals surface area (Å²) in [5.74, 6) is 0. The zero-order valence-corrected chi connectivity index (χ0v) is 13.7. The molecule has 0 aliphatic carbocycles. The summed E-state index contributed by atoms with van der Waals surface area (Å²) in [5.41, 5.74) is 7.72. The van der Waals surface area contributed by atoms with Crippen molar-refractivity contribution in [1.82, 2.24) is 14.5 Å². The molecule has 122 valence electrons. The van der Waals surface area contributed by atoms with Crippen molar-refractivity contribution in [1.29, 1.82) is 5.26 Å². The minimum Gasteiger partial charge on any atom is -0.328 e. The van der Waals surface area contributed by atoms with Crippen LogP contribution < -0.4 is 11.3 Å². The van der Waals surface area contributed by atoms with Gasteiger partial charge in [0, 0.05) is 19.1 Å². The van der Waals surface area contributed by atoms with Crippen LogP contribution in [-0.2, 0) is 6.67 Å². The van der Waals surface area contributed by atoms with E-state index in [4.69, 9.17) is 11.0 Å². The molecule has 1 fully saturated rings. The van der Waals surface area contributed by atoms with Crippen LogP contribution in [0.15, 0.2) is 29.2 Å². The van der Waals surface area contributed by atoms with E-state index in [9.17, 15) is 4.79 Å². The quantitative estimate of drug-likeness (QED) is 0.911. The monoisotopic (exact) mass is 313 g/mol. The smallest absolute Gasteiger partial charge is 0.270 e. The third-order valence-electron chi connectivity index (χ3n) is 3.95. The summed E-state index contributed by atoms with van der Waals surface area (Å²) in [6.45, 7) is 6.28. The van der Waals surface area contributed by atoms with Crippen LogP contribution in [0.1, 0.15) is 32.3 Å². The maximum absolute atomic E-state index is 12.1. The Morgan fingerprint density at radius 1 is 1.35 bits per heavy atom. The van der Waals surface area contributed by atoms with Gasteiger partial charge in [-0.1, -0.05) is 13.8 Å². The first kappa shape index (κ1) is 17.1. The minimum absolute atomic E-state index is 0.146. The fourth-order valence-electron chi connectivity index (χ4n) is 2.67. The molecule has 2 heterocycles. The molecule has 1 saturated heterocycles. The molecule has 1 aromatic heterocycles. The second-order valence-corrected chi connectivity index (χ2v) is 5.44. The number of fused-ring (bicyclic) bond motifs is 1. The Kier molecular flexibility index (Phi) is 5.85. The number of benzene rings is 1. The molecule has 6 heteroatoms. The van der Waals surface area contributed by atoms with Gasteiger partial charge in [-0.2, -0.15) is 5.26 Å². The highest BCUT2D eigenvalue weighted by Crippen LogP contribution is 2.14. The number of rotatable bonds is 2. The summed E-state index contributed by atoms with van der Waals surface area (Å²) in [6, 6.07) is 7.57. The Morgan fingerprint density at radius 3 is 2.70 bits per heavy atom. The van der Waals surface area contributed by atoms with Crippen LogP contribution in [0, 0.1) is 11.3 Å². The Balaban J connectivity index is 0.000000924. The van der Waals surface area contributed by atoms with Gasteiger partial charge in [0.1, 0.15) is 0 Å². The molecular formula is C17H23N5O. The maximum Gasteiger partial charge on any atom is 0.270 e. The largest absolute Gasteiger partial charge is 0.328 e. The van der Waals surface area contributed by atoms with Gasteiger partial charge in [0.15, 0.2) is 0 Å². The third kappa shape index (κ3) is 3.95. The average Bonchev–Trinajstić information content (AvgIpc) is 2.60. The summed E-state index contributed by atoms with van der Waals surface area (Å²) in [4.78, 5) is 18.5. The van der Waals surface area contributed by atoms with Crippen LogP contribution in [0.2, 0.25) is 0 Å². The van der Waals surface area contributed by atoms with E-state index in [1.165, 1.54) is 6.20 Å². The predicted octanol–water partition coefficient (Wildman–Crippen LogP) is 1.67. The van der Waals surface area contributed by atoms with E-state index in [0.29, 0.717) is 17.7 Å². The van der Waals surface area contributed by atoms with Crippen LogP contribution in [-0.4, -0.2) is 33.6 Å². The molecule has 2 aromatic rings. The van der Waals surface area contributed by atoms with Crippen molar-refractivity contribution in [2.75, 3.05) is 13.1 Å². The molecule has 6 nitrogen and oxygen atoms in total. The fraction of sp³-hybridized carbons (Fsp3) is 0.471. The van der Waals surface area contributed by atoms with Crippen molar-refractivity contribution in [3.63, 3.8) is 0 Å². The van der Waals surface area contributed by atoms with Crippen molar-refractivity contribution >= 4 is 11.0 Å². The molecule has 0 unspecified atom stereocenters. The van der Waals surface area contributed by atoms with Crippen molar-refractivity contribution < 1.29 is 0 Å². The van der Waals surface area contributed by atoms with Crippen molar-refractivity contribution in [3.8, 4) is 6.07 Å². The number of nitrogens with two attached hydrogens (primary N) is 1. The molecule has 23 heavy (non-hydrogen) atoms. The van der Waals surface area contributed by atoms with E-state index in [1.807, 2.05) is 13.8 Å². The lowest BCUT2D eigenvalue weighted by molar-refractivity contribution is 0.171. The van der Waals surface area contributed by atoms with Crippen LogP contribution in [0.5, 0.6) is 0 Å². The van der Waals surface area contributed by atoms with E-state index in [-0.39, 0.29) is 11.6 Å². The topological polar surface area (TPSA) is 87.9 Å². The lowest BCUT2D eigenvalue weighted by Gasteiger charge is -2.30. The maximum atomic E-state index is 12.1. The first-order valence-corrected chi connectivity index (χ1v) is 8.05. The molecule has 0 spiro atoms. The molecule has 0 saturated carbocycles. The number of nitriles is 1. The SMILES string of the molecule is CC.N#Cc1ccc2ncc(=O)n(CN3CCC(N)CC3)c2c1. The van der Waals surface area contributed by atoms with E-state index in [2.05, 4.69) is 16.0 Å². The van der Waals surface area contributed by atoms with Crippen molar-refractivity contribution in [2.24, 2.45) is 5.73 Å². The normalized spacial score (nSPS) is 15.7. The highest BCUT2D eigenvalue weighted by atomic mass is 16.1. The van der Waals surface area contributed by atoms with Crippen molar-refractivity contribution in [2.45, 2.75) is 39.4 Å². The van der Waals surface area contributed by atoms with Gasteiger partial charge in [-0.25, -0.2) is 4.98 Å². The Labute approximate surface area is 136 Å². The fourth-order valence-corrected chi connectivity index (χ4v) is 2.67. The first-order valence-electron chi connectivity index (χ1n) is 8.05. The third-order valence-corrected chi connectivity index (χ3v) is 3.95. The van der Waals surface area contributed by atoms with E-state index in [1.54, 1.807) is 22.8 Å². The molecular weight excluding hydrogens is 290 g/mol. The van der Waals surface area contributed by atoms with E-state index in [0.717, 1.165) is 31.4 Å². The number of hydrogen-bond acceptors (Lipinski definition) is 5. The molecule has 1 aromatic carbocycles. The summed E-state index contributed by atoms with van der Waals surface area (Å²) in [5, 5.41) is 9.03. The van der Waals surface area contributed by atoms with E-state index < -0.39 is 0 Å². The summed E-state index contributed by atoms with van der Waals surface area (Å²) in [7, 11) is 0. The summed E-state index contributed by atoms with van der Waals surface area (Å²) >= 11 is 0. The molecule has 0 atom stereocenters. The van der Waals surface area contributed by atoms with E-state index >= 15 is 0 Å². The lowest BCUT2D eigenvalue weighted by atomic mass is 10.1. The average molecular weight is 313 g/mol. The molecule has 0 radical (unpaired) electrons. The Bertz CT molecular complexity index is 754. The number of hydrogen-bond donors (Lipinski definition) is 1. The number of piperidine rings is 1.